The first-order chi connectivity index (χ1) is 10.1. The summed E-state index contributed by atoms with van der Waals surface area (Å²) in [5.41, 5.74) is 3.07. The molecule has 100 valence electrons. The normalized spacial score (nSPS) is 22.7. The molecule has 0 fully saturated rings. The average molecular weight is 336 g/mol. The molecule has 0 saturated carbocycles. The maximum atomic E-state index is 11.1. The third-order valence-electron chi connectivity index (χ3n) is 4.10. The molecule has 3 rings (SSSR count). The number of halogens is 1. The van der Waals surface area contributed by atoms with Crippen LogP contribution in [-0.4, -0.2) is 5.94 Å². The number of hydrogen-bond donors (Lipinski definition) is 0. The van der Waals surface area contributed by atoms with Crippen LogP contribution in [0.3, 0.4) is 0 Å². The van der Waals surface area contributed by atoms with Gasteiger partial charge in [0.1, 0.15) is 12.0 Å². The summed E-state index contributed by atoms with van der Waals surface area (Å²) in [7, 11) is 0. The number of hydrogen-bond acceptors (Lipinski definition) is 2. The van der Waals surface area contributed by atoms with Gasteiger partial charge in [-0.2, -0.15) is 5.26 Å². The topological polar surface area (TPSA) is 40.9 Å². The Kier molecular flexibility index (Phi) is 3.19. The van der Waals surface area contributed by atoms with Gasteiger partial charge in [-0.1, -0.05) is 34.0 Å². The van der Waals surface area contributed by atoms with Gasteiger partial charge in [-0.25, -0.2) is 4.79 Å². The Balaban J connectivity index is 2.34. The van der Waals surface area contributed by atoms with E-state index in [1.807, 2.05) is 24.1 Å². The van der Waals surface area contributed by atoms with Crippen molar-refractivity contribution in [3.05, 3.63) is 57.1 Å². The van der Waals surface area contributed by atoms with Crippen LogP contribution in [0.5, 0.6) is 0 Å². The summed E-state index contributed by atoms with van der Waals surface area (Å²) in [5, 5.41) is 9.22. The summed E-state index contributed by atoms with van der Waals surface area (Å²) in [5.74, 6) is 4.68. The van der Waals surface area contributed by atoms with Crippen molar-refractivity contribution in [3.63, 3.8) is 0 Å². The zero-order valence-electron chi connectivity index (χ0n) is 11.1. The summed E-state index contributed by atoms with van der Waals surface area (Å²) in [6.45, 7) is 0. The molecular weight excluding hydrogens is 326 g/mol. The molecule has 2 nitrogen and oxygen atoms in total. The lowest BCUT2D eigenvalue weighted by Gasteiger charge is -2.37. The third kappa shape index (κ3) is 1.91. The molecule has 21 heavy (non-hydrogen) atoms. The highest BCUT2D eigenvalue weighted by atomic mass is 79.9. The number of benzene rings is 1. The zero-order chi connectivity index (χ0) is 15.0. The first kappa shape index (κ1) is 13.7. The number of carbonyl (C=O) groups excluding carboxylic acids is 1. The lowest BCUT2D eigenvalue weighted by atomic mass is 9.64. The molecule has 0 amide bonds. The first-order valence-electron chi connectivity index (χ1n) is 6.51. The molecule has 0 spiro atoms. The van der Waals surface area contributed by atoms with Gasteiger partial charge in [0.25, 0.3) is 0 Å². The fraction of sp³-hybridized carbons (Fsp3) is 0.167. The predicted molar refractivity (Wildman–Crippen MR) is 84.6 cm³/mol. The van der Waals surface area contributed by atoms with Crippen molar-refractivity contribution >= 4 is 27.4 Å². The number of terminal acetylenes is 1. The van der Waals surface area contributed by atoms with Crippen LogP contribution in [0.4, 0.5) is 0 Å². The van der Waals surface area contributed by atoms with Gasteiger partial charge in [-0.05, 0) is 47.8 Å². The Morgan fingerprint density at radius 3 is 2.86 bits per heavy atom. The molecule has 0 N–H and O–H groups in total. The molecule has 2 aliphatic rings. The van der Waals surface area contributed by atoms with Crippen molar-refractivity contribution < 1.29 is 4.79 Å². The summed E-state index contributed by atoms with van der Waals surface area (Å²) < 4.78 is 0.949. The van der Waals surface area contributed by atoms with Crippen molar-refractivity contribution in [3.8, 4) is 18.4 Å². The van der Waals surface area contributed by atoms with Crippen molar-refractivity contribution in [2.75, 3.05) is 0 Å². The minimum atomic E-state index is -0.623. The summed E-state index contributed by atoms with van der Waals surface area (Å²) in [6, 6.07) is 8.06. The van der Waals surface area contributed by atoms with E-state index in [0.717, 1.165) is 28.5 Å². The van der Waals surface area contributed by atoms with Crippen LogP contribution in [0.1, 0.15) is 17.5 Å². The lowest BCUT2D eigenvalue weighted by molar-refractivity contribution is 0.565. The highest BCUT2D eigenvalue weighted by molar-refractivity contribution is 9.10. The second-order valence-electron chi connectivity index (χ2n) is 5.13. The van der Waals surface area contributed by atoms with Gasteiger partial charge >= 0.3 is 0 Å². The average Bonchev–Trinajstić information content (AvgIpc) is 2.53. The molecule has 0 heterocycles. The van der Waals surface area contributed by atoms with Crippen LogP contribution in [0, 0.1) is 29.1 Å². The Bertz CT molecular complexity index is 841. The molecular formula is C18H10BrNO. The van der Waals surface area contributed by atoms with Gasteiger partial charge < -0.3 is 0 Å². The van der Waals surface area contributed by atoms with E-state index in [9.17, 15) is 10.1 Å². The van der Waals surface area contributed by atoms with Crippen molar-refractivity contribution in [2.24, 2.45) is 5.41 Å². The fourth-order valence-corrected chi connectivity index (χ4v) is 3.65. The molecule has 1 atom stereocenters. The minimum absolute atomic E-state index is 0.266. The molecule has 0 aromatic heterocycles. The molecule has 1 unspecified atom stereocenters. The molecule has 1 aromatic rings. The van der Waals surface area contributed by atoms with Crippen molar-refractivity contribution in [1.82, 2.24) is 0 Å². The lowest BCUT2D eigenvalue weighted by Crippen LogP contribution is -2.27. The number of nitriles is 1. The van der Waals surface area contributed by atoms with E-state index in [1.165, 1.54) is 5.56 Å². The largest absolute Gasteiger partial charge is 0.233 e. The molecule has 0 bridgehead atoms. The van der Waals surface area contributed by atoms with Crippen LogP contribution in [0.15, 0.2) is 46.0 Å². The maximum absolute atomic E-state index is 11.1. The zero-order valence-corrected chi connectivity index (χ0v) is 12.7. The first-order valence-corrected chi connectivity index (χ1v) is 7.30. The Labute approximate surface area is 131 Å². The maximum Gasteiger partial charge on any atom is 0.133 e. The van der Waals surface area contributed by atoms with Crippen LogP contribution < -0.4 is 0 Å². The summed E-state index contributed by atoms with van der Waals surface area (Å²) in [4.78, 5) is 11.1. The molecule has 0 aliphatic heterocycles. The number of aryl methyl sites for hydroxylation is 1. The van der Waals surface area contributed by atoms with Gasteiger partial charge in [0, 0.05) is 4.47 Å². The minimum Gasteiger partial charge on any atom is -0.233 e. The highest BCUT2D eigenvalue weighted by Crippen LogP contribution is 2.51. The van der Waals surface area contributed by atoms with Crippen molar-refractivity contribution in [1.29, 1.82) is 5.26 Å². The molecule has 0 radical (unpaired) electrons. The van der Waals surface area contributed by atoms with Gasteiger partial charge in [-0.15, -0.1) is 6.42 Å². The SMILES string of the molecule is C#CC12C=C(C#N)C(=C=O)C=C1c1c(Br)cccc1CC2. The van der Waals surface area contributed by atoms with Crippen LogP contribution in [0.25, 0.3) is 5.57 Å². The smallest absolute Gasteiger partial charge is 0.133 e. The van der Waals surface area contributed by atoms with Crippen LogP contribution in [0.2, 0.25) is 0 Å². The predicted octanol–water partition coefficient (Wildman–Crippen LogP) is 3.62. The number of fused-ring (bicyclic) bond motifs is 3. The number of nitrogens with zero attached hydrogens (tertiary/aromatic N) is 1. The third-order valence-corrected chi connectivity index (χ3v) is 4.76. The molecule has 1 aromatic carbocycles. The fourth-order valence-electron chi connectivity index (χ4n) is 3.03. The van der Waals surface area contributed by atoms with E-state index in [2.05, 4.69) is 27.9 Å². The number of rotatable bonds is 0. The van der Waals surface area contributed by atoms with E-state index < -0.39 is 5.41 Å². The van der Waals surface area contributed by atoms with E-state index in [0.29, 0.717) is 5.57 Å². The second kappa shape index (κ2) is 4.90. The van der Waals surface area contributed by atoms with E-state index in [4.69, 9.17) is 6.42 Å². The monoisotopic (exact) mass is 335 g/mol. The summed E-state index contributed by atoms with van der Waals surface area (Å²) in [6.07, 6.45) is 10.8. The molecule has 0 saturated heterocycles. The number of allylic oxidation sites excluding steroid dienone is 5. The summed E-state index contributed by atoms with van der Waals surface area (Å²) >= 11 is 3.57. The van der Waals surface area contributed by atoms with Crippen LogP contribution in [-0.2, 0) is 11.2 Å². The standard InChI is InChI=1S/C18H10BrNO/c1-2-18-7-6-12-4-3-5-16(19)17(12)15(18)8-13(11-21)14(9-18)10-20/h1,3-5,8-9H,6-7H2. The van der Waals surface area contributed by atoms with Gasteiger partial charge in [0.05, 0.1) is 16.6 Å². The van der Waals surface area contributed by atoms with E-state index in [-0.39, 0.29) is 5.57 Å². The van der Waals surface area contributed by atoms with Crippen LogP contribution >= 0.6 is 15.9 Å². The second-order valence-corrected chi connectivity index (χ2v) is 5.99. The van der Waals surface area contributed by atoms with Gasteiger partial charge in [0.15, 0.2) is 0 Å². The molecule has 2 aliphatic carbocycles. The Hall–Kier alpha value is -2.32. The van der Waals surface area contributed by atoms with E-state index in [1.54, 1.807) is 12.2 Å². The van der Waals surface area contributed by atoms with E-state index >= 15 is 0 Å². The quantitative estimate of drug-likeness (QED) is 0.536. The highest BCUT2D eigenvalue weighted by Gasteiger charge is 2.40. The van der Waals surface area contributed by atoms with Gasteiger partial charge in [-0.3, -0.25) is 0 Å². The Morgan fingerprint density at radius 2 is 2.19 bits per heavy atom. The molecule has 3 heteroatoms. The van der Waals surface area contributed by atoms with Crippen molar-refractivity contribution in [2.45, 2.75) is 12.8 Å². The Morgan fingerprint density at radius 1 is 1.38 bits per heavy atom. The van der Waals surface area contributed by atoms with Gasteiger partial charge in [0.2, 0.25) is 0 Å².